The van der Waals surface area contributed by atoms with Crippen LogP contribution in [0.5, 0.6) is 5.75 Å². The van der Waals surface area contributed by atoms with Crippen LogP contribution >= 0.6 is 0 Å². The third-order valence-electron chi connectivity index (χ3n) is 4.38. The zero-order chi connectivity index (χ0) is 19.4. The molecule has 1 aromatic heterocycles. The zero-order valence-corrected chi connectivity index (χ0v) is 15.9. The van der Waals surface area contributed by atoms with Crippen LogP contribution in [0.4, 0.5) is 16.2 Å². The maximum absolute atomic E-state index is 11.6. The second-order valence-corrected chi connectivity index (χ2v) is 6.04. The molecule has 0 saturated heterocycles. The Morgan fingerprint density at radius 1 is 1.07 bits per heavy atom. The Morgan fingerprint density at radius 2 is 1.81 bits per heavy atom. The number of carbonyl (C=O) groups excluding carboxylic acids is 1. The first-order valence-corrected chi connectivity index (χ1v) is 9.17. The summed E-state index contributed by atoms with van der Waals surface area (Å²) in [5.74, 6) is 0.811. The Morgan fingerprint density at radius 3 is 2.44 bits per heavy atom. The van der Waals surface area contributed by atoms with E-state index in [1.54, 1.807) is 6.92 Å². The van der Waals surface area contributed by atoms with E-state index in [9.17, 15) is 4.79 Å². The third kappa shape index (κ3) is 3.69. The van der Waals surface area contributed by atoms with Gasteiger partial charge in [-0.15, -0.1) is 0 Å². The van der Waals surface area contributed by atoms with Crippen LogP contribution in [0.3, 0.4) is 0 Å². The minimum Gasteiger partial charge on any atom is -0.494 e. The van der Waals surface area contributed by atoms with Gasteiger partial charge in [-0.05, 0) is 51.1 Å². The summed E-state index contributed by atoms with van der Waals surface area (Å²) in [4.78, 5) is 11.6. The van der Waals surface area contributed by atoms with E-state index in [2.05, 4.69) is 16.8 Å². The van der Waals surface area contributed by atoms with Crippen LogP contribution in [0.1, 0.15) is 20.8 Å². The highest BCUT2D eigenvalue weighted by Gasteiger charge is 2.16. The zero-order valence-electron chi connectivity index (χ0n) is 15.9. The van der Waals surface area contributed by atoms with Crippen LogP contribution in [0.25, 0.3) is 22.2 Å². The lowest BCUT2D eigenvalue weighted by Crippen LogP contribution is -2.13. The lowest BCUT2D eigenvalue weighted by atomic mass is 10.1. The largest absolute Gasteiger partial charge is 0.494 e. The Bertz CT molecular complexity index is 945. The lowest BCUT2D eigenvalue weighted by Gasteiger charge is -2.10. The van der Waals surface area contributed by atoms with Crippen molar-refractivity contribution in [3.05, 3.63) is 42.5 Å². The monoisotopic (exact) mass is 367 g/mol. The lowest BCUT2D eigenvalue weighted by molar-refractivity contribution is 0.168. The molecule has 0 aliphatic carbocycles. The molecule has 0 aliphatic rings. The second kappa shape index (κ2) is 8.03. The van der Waals surface area contributed by atoms with Gasteiger partial charge in [0.1, 0.15) is 5.75 Å². The Balaban J connectivity index is 2.00. The number of carbonyl (C=O) groups is 1. The standard InChI is InChI=1S/C21H25N3O3/c1-4-24-18-12-11-16(26-5-2)13-17(18)19(22)20(24)14-7-9-15(10-8-14)23-21(25)27-6-3/h7-13H,4-6,22H2,1-3H3,(H,23,25). The number of aryl methyl sites for hydroxylation is 1. The summed E-state index contributed by atoms with van der Waals surface area (Å²) in [7, 11) is 0. The van der Waals surface area contributed by atoms with Crippen molar-refractivity contribution in [3.63, 3.8) is 0 Å². The molecule has 0 bridgehead atoms. The number of fused-ring (bicyclic) bond motifs is 1. The van der Waals surface area contributed by atoms with Crippen molar-refractivity contribution < 1.29 is 14.3 Å². The molecule has 0 radical (unpaired) electrons. The fraction of sp³-hybridized carbons (Fsp3) is 0.286. The van der Waals surface area contributed by atoms with E-state index in [0.29, 0.717) is 18.9 Å². The van der Waals surface area contributed by atoms with Crippen LogP contribution in [-0.4, -0.2) is 23.9 Å². The van der Waals surface area contributed by atoms with Gasteiger partial charge in [-0.3, -0.25) is 5.32 Å². The van der Waals surface area contributed by atoms with Crippen molar-refractivity contribution in [2.45, 2.75) is 27.3 Å². The smallest absolute Gasteiger partial charge is 0.411 e. The van der Waals surface area contributed by atoms with Crippen molar-refractivity contribution in [3.8, 4) is 17.0 Å². The van der Waals surface area contributed by atoms with Crippen molar-refractivity contribution >= 4 is 28.4 Å². The molecule has 0 spiro atoms. The molecule has 1 heterocycles. The Hall–Kier alpha value is -3.15. The highest BCUT2D eigenvalue weighted by molar-refractivity contribution is 6.01. The number of ether oxygens (including phenoxy) is 2. The number of nitrogen functional groups attached to an aromatic ring is 1. The summed E-state index contributed by atoms with van der Waals surface area (Å²) in [6.07, 6.45) is -0.462. The maximum atomic E-state index is 11.6. The highest BCUT2D eigenvalue weighted by atomic mass is 16.5. The fourth-order valence-electron chi connectivity index (χ4n) is 3.25. The van der Waals surface area contributed by atoms with Gasteiger partial charge in [0.25, 0.3) is 0 Å². The number of nitrogens with two attached hydrogens (primary N) is 1. The van der Waals surface area contributed by atoms with E-state index in [4.69, 9.17) is 15.2 Å². The van der Waals surface area contributed by atoms with E-state index in [0.717, 1.165) is 40.1 Å². The molecule has 3 aromatic rings. The third-order valence-corrected chi connectivity index (χ3v) is 4.38. The molecule has 3 rings (SSSR count). The predicted octanol–water partition coefficient (Wildman–Crippen LogP) is 4.88. The van der Waals surface area contributed by atoms with Crippen LogP contribution < -0.4 is 15.8 Å². The number of hydrogen-bond acceptors (Lipinski definition) is 4. The normalized spacial score (nSPS) is 10.8. The number of amides is 1. The highest BCUT2D eigenvalue weighted by Crippen LogP contribution is 2.38. The van der Waals surface area contributed by atoms with Crippen molar-refractivity contribution in [2.75, 3.05) is 24.3 Å². The van der Waals surface area contributed by atoms with Crippen LogP contribution in [0.2, 0.25) is 0 Å². The van der Waals surface area contributed by atoms with Gasteiger partial charge in [0.15, 0.2) is 0 Å². The number of anilines is 2. The van der Waals surface area contributed by atoms with Crippen molar-refractivity contribution in [1.82, 2.24) is 4.57 Å². The molecule has 142 valence electrons. The summed E-state index contributed by atoms with van der Waals surface area (Å²) in [6.45, 7) is 7.56. The van der Waals surface area contributed by atoms with Crippen molar-refractivity contribution in [2.24, 2.45) is 0 Å². The van der Waals surface area contributed by atoms with Crippen LogP contribution in [0.15, 0.2) is 42.5 Å². The molecule has 0 aliphatic heterocycles. The quantitative estimate of drug-likeness (QED) is 0.651. The number of nitrogens with zero attached hydrogens (tertiary/aromatic N) is 1. The van der Waals surface area contributed by atoms with E-state index < -0.39 is 6.09 Å². The average Bonchev–Trinajstić information content (AvgIpc) is 2.94. The van der Waals surface area contributed by atoms with Gasteiger partial charge >= 0.3 is 6.09 Å². The number of rotatable bonds is 6. The molecule has 2 aromatic carbocycles. The number of hydrogen-bond donors (Lipinski definition) is 2. The fourth-order valence-corrected chi connectivity index (χ4v) is 3.25. The van der Waals surface area contributed by atoms with Gasteiger partial charge in [0, 0.05) is 23.2 Å². The maximum Gasteiger partial charge on any atom is 0.411 e. The molecule has 27 heavy (non-hydrogen) atoms. The van der Waals surface area contributed by atoms with E-state index in [-0.39, 0.29) is 0 Å². The first kappa shape index (κ1) is 18.6. The summed E-state index contributed by atoms with van der Waals surface area (Å²) in [5.41, 5.74) is 10.9. The summed E-state index contributed by atoms with van der Waals surface area (Å²) in [5, 5.41) is 3.68. The van der Waals surface area contributed by atoms with Gasteiger partial charge in [-0.2, -0.15) is 0 Å². The SMILES string of the molecule is CCOC(=O)Nc1ccc(-c2c(N)c3cc(OCC)ccc3n2CC)cc1. The first-order chi connectivity index (χ1) is 13.1. The molecule has 0 unspecified atom stereocenters. The molecule has 1 amide bonds. The van der Waals surface area contributed by atoms with Gasteiger partial charge in [-0.25, -0.2) is 4.79 Å². The molecular formula is C21H25N3O3. The van der Waals surface area contributed by atoms with Crippen LogP contribution in [-0.2, 0) is 11.3 Å². The van der Waals surface area contributed by atoms with E-state index >= 15 is 0 Å². The Kier molecular flexibility index (Phi) is 5.54. The minimum atomic E-state index is -0.462. The molecular weight excluding hydrogens is 342 g/mol. The van der Waals surface area contributed by atoms with Crippen LogP contribution in [0, 0.1) is 0 Å². The van der Waals surface area contributed by atoms with Crippen molar-refractivity contribution in [1.29, 1.82) is 0 Å². The van der Waals surface area contributed by atoms with Gasteiger partial charge in [-0.1, -0.05) is 12.1 Å². The van der Waals surface area contributed by atoms with Gasteiger partial charge < -0.3 is 19.8 Å². The number of aromatic nitrogens is 1. The van der Waals surface area contributed by atoms with Gasteiger partial charge in [0.2, 0.25) is 0 Å². The second-order valence-electron chi connectivity index (χ2n) is 6.04. The van der Waals surface area contributed by atoms with Gasteiger partial charge in [0.05, 0.1) is 30.1 Å². The minimum absolute atomic E-state index is 0.334. The molecule has 0 atom stereocenters. The average molecular weight is 367 g/mol. The molecule has 0 fully saturated rings. The summed E-state index contributed by atoms with van der Waals surface area (Å²) < 4.78 is 12.7. The molecule has 6 nitrogen and oxygen atoms in total. The predicted molar refractivity (Wildman–Crippen MR) is 109 cm³/mol. The number of benzene rings is 2. The number of nitrogens with one attached hydrogen (secondary N) is 1. The Labute approximate surface area is 158 Å². The summed E-state index contributed by atoms with van der Waals surface area (Å²) >= 11 is 0. The summed E-state index contributed by atoms with van der Waals surface area (Å²) in [6, 6.07) is 13.6. The first-order valence-electron chi connectivity index (χ1n) is 9.17. The van der Waals surface area contributed by atoms with E-state index in [1.807, 2.05) is 49.4 Å². The topological polar surface area (TPSA) is 78.5 Å². The molecule has 3 N–H and O–H groups in total. The van der Waals surface area contributed by atoms with E-state index in [1.165, 1.54) is 0 Å². The molecule has 0 saturated carbocycles. The molecule has 6 heteroatoms.